The van der Waals surface area contributed by atoms with E-state index in [0.29, 0.717) is 22.3 Å². The van der Waals surface area contributed by atoms with Crippen LogP contribution in [0.1, 0.15) is 5.56 Å². The molecule has 0 saturated carbocycles. The standard InChI is InChI=1S/C17H13NO3/c18-15(19)10-13-16(20)12-8-4-5-9-14(12)21-17(13)11-6-2-1-3-7-11/h1-9H,10H2,(H2,18,19). The quantitative estimate of drug-likeness (QED) is 0.800. The second-order valence-electron chi connectivity index (χ2n) is 4.74. The van der Waals surface area contributed by atoms with Crippen molar-refractivity contribution in [2.24, 2.45) is 5.73 Å². The van der Waals surface area contributed by atoms with Gasteiger partial charge in [-0.15, -0.1) is 0 Å². The van der Waals surface area contributed by atoms with Crippen LogP contribution in [0.25, 0.3) is 22.3 Å². The lowest BCUT2D eigenvalue weighted by Gasteiger charge is -2.09. The smallest absolute Gasteiger partial charge is 0.222 e. The predicted octanol–water partition coefficient (Wildman–Crippen LogP) is 2.49. The number of hydrogen-bond acceptors (Lipinski definition) is 3. The Labute approximate surface area is 120 Å². The van der Waals surface area contributed by atoms with E-state index in [9.17, 15) is 9.59 Å². The first-order valence-corrected chi connectivity index (χ1v) is 6.55. The second-order valence-corrected chi connectivity index (χ2v) is 4.74. The van der Waals surface area contributed by atoms with Gasteiger partial charge in [0.05, 0.1) is 17.4 Å². The van der Waals surface area contributed by atoms with Crippen LogP contribution in [-0.4, -0.2) is 5.91 Å². The molecular weight excluding hydrogens is 266 g/mol. The van der Waals surface area contributed by atoms with E-state index in [1.54, 1.807) is 24.3 Å². The Hall–Kier alpha value is -2.88. The number of carbonyl (C=O) groups is 1. The van der Waals surface area contributed by atoms with Crippen LogP contribution in [0.5, 0.6) is 0 Å². The Morgan fingerprint density at radius 1 is 1.00 bits per heavy atom. The number of benzene rings is 2. The van der Waals surface area contributed by atoms with Gasteiger partial charge >= 0.3 is 0 Å². The fourth-order valence-electron chi connectivity index (χ4n) is 2.34. The number of amides is 1. The summed E-state index contributed by atoms with van der Waals surface area (Å²) >= 11 is 0. The van der Waals surface area contributed by atoms with Gasteiger partial charge in [-0.3, -0.25) is 9.59 Å². The van der Waals surface area contributed by atoms with Crippen molar-refractivity contribution in [3.63, 3.8) is 0 Å². The molecule has 0 aliphatic rings. The maximum atomic E-state index is 12.6. The van der Waals surface area contributed by atoms with E-state index >= 15 is 0 Å². The van der Waals surface area contributed by atoms with Gasteiger partial charge in [0.1, 0.15) is 11.3 Å². The van der Waals surface area contributed by atoms with Crippen molar-refractivity contribution < 1.29 is 9.21 Å². The molecular formula is C17H13NO3. The van der Waals surface area contributed by atoms with Crippen molar-refractivity contribution in [1.82, 2.24) is 0 Å². The van der Waals surface area contributed by atoms with E-state index in [4.69, 9.17) is 10.2 Å². The molecule has 0 atom stereocenters. The molecule has 0 fully saturated rings. The first-order chi connectivity index (χ1) is 10.2. The summed E-state index contributed by atoms with van der Waals surface area (Å²) in [5, 5.41) is 0.452. The Morgan fingerprint density at radius 3 is 2.38 bits per heavy atom. The van der Waals surface area contributed by atoms with Gasteiger partial charge < -0.3 is 10.2 Å². The fourth-order valence-corrected chi connectivity index (χ4v) is 2.34. The van der Waals surface area contributed by atoms with Gasteiger partial charge in [-0.2, -0.15) is 0 Å². The lowest BCUT2D eigenvalue weighted by atomic mass is 10.0. The zero-order chi connectivity index (χ0) is 14.8. The van der Waals surface area contributed by atoms with Gasteiger partial charge in [-0.05, 0) is 12.1 Å². The zero-order valence-corrected chi connectivity index (χ0v) is 11.2. The molecule has 3 aromatic rings. The highest BCUT2D eigenvalue weighted by Gasteiger charge is 2.17. The summed E-state index contributed by atoms with van der Waals surface area (Å²) in [6.45, 7) is 0. The predicted molar refractivity (Wildman–Crippen MR) is 80.8 cm³/mol. The van der Waals surface area contributed by atoms with Gasteiger partial charge in [-0.1, -0.05) is 42.5 Å². The van der Waals surface area contributed by atoms with Crippen LogP contribution in [0.4, 0.5) is 0 Å². The summed E-state index contributed by atoms with van der Waals surface area (Å²) in [6.07, 6.45) is -0.141. The van der Waals surface area contributed by atoms with Crippen molar-refractivity contribution in [2.75, 3.05) is 0 Å². The van der Waals surface area contributed by atoms with Crippen LogP contribution in [0.15, 0.2) is 63.8 Å². The van der Waals surface area contributed by atoms with Crippen LogP contribution < -0.4 is 11.2 Å². The topological polar surface area (TPSA) is 73.3 Å². The van der Waals surface area contributed by atoms with E-state index < -0.39 is 5.91 Å². The van der Waals surface area contributed by atoms with E-state index in [0.717, 1.165) is 5.56 Å². The van der Waals surface area contributed by atoms with Crippen LogP contribution >= 0.6 is 0 Å². The van der Waals surface area contributed by atoms with Crippen molar-refractivity contribution in [2.45, 2.75) is 6.42 Å². The minimum Gasteiger partial charge on any atom is -0.456 e. The summed E-state index contributed by atoms with van der Waals surface area (Å²) in [4.78, 5) is 23.9. The number of carbonyl (C=O) groups excluding carboxylic acids is 1. The largest absolute Gasteiger partial charge is 0.456 e. The molecule has 1 aromatic heterocycles. The molecule has 1 heterocycles. The molecule has 2 N–H and O–H groups in total. The van der Waals surface area contributed by atoms with Crippen molar-refractivity contribution in [1.29, 1.82) is 0 Å². The van der Waals surface area contributed by atoms with Gasteiger partial charge in [-0.25, -0.2) is 0 Å². The second kappa shape index (κ2) is 5.25. The Morgan fingerprint density at radius 2 is 1.67 bits per heavy atom. The molecule has 4 nitrogen and oxygen atoms in total. The number of hydrogen-bond donors (Lipinski definition) is 1. The minimum absolute atomic E-state index is 0.141. The normalized spacial score (nSPS) is 10.7. The van der Waals surface area contributed by atoms with Gasteiger partial charge in [0.15, 0.2) is 5.43 Å². The molecule has 0 aliphatic heterocycles. The first-order valence-electron chi connectivity index (χ1n) is 6.55. The van der Waals surface area contributed by atoms with Gasteiger partial charge in [0, 0.05) is 5.56 Å². The summed E-state index contributed by atoms with van der Waals surface area (Å²) < 4.78 is 5.85. The molecule has 104 valence electrons. The van der Waals surface area contributed by atoms with Crippen LogP contribution in [0.2, 0.25) is 0 Å². The Balaban J connectivity index is 2.36. The highest BCUT2D eigenvalue weighted by Crippen LogP contribution is 2.25. The SMILES string of the molecule is NC(=O)Cc1c(-c2ccccc2)oc2ccccc2c1=O. The first kappa shape index (κ1) is 13.1. The Bertz CT molecular complexity index is 866. The molecule has 1 amide bonds. The zero-order valence-electron chi connectivity index (χ0n) is 11.2. The van der Waals surface area contributed by atoms with Crippen LogP contribution in [0.3, 0.4) is 0 Å². The van der Waals surface area contributed by atoms with Crippen molar-refractivity contribution in [3.05, 3.63) is 70.4 Å². The average molecular weight is 279 g/mol. The minimum atomic E-state index is -0.560. The molecule has 21 heavy (non-hydrogen) atoms. The van der Waals surface area contributed by atoms with Gasteiger partial charge in [0.2, 0.25) is 5.91 Å². The van der Waals surface area contributed by atoms with E-state index in [2.05, 4.69) is 0 Å². The third-order valence-electron chi connectivity index (χ3n) is 3.28. The molecule has 4 heteroatoms. The molecule has 0 radical (unpaired) electrons. The number of primary amides is 1. The third kappa shape index (κ3) is 2.43. The summed E-state index contributed by atoms with van der Waals surface area (Å²) in [7, 11) is 0. The molecule has 3 rings (SSSR count). The lowest BCUT2D eigenvalue weighted by Crippen LogP contribution is -2.20. The van der Waals surface area contributed by atoms with Crippen LogP contribution in [-0.2, 0) is 11.2 Å². The average Bonchev–Trinajstić information content (AvgIpc) is 2.50. The number of rotatable bonds is 3. The number of nitrogens with two attached hydrogens (primary N) is 1. The highest BCUT2D eigenvalue weighted by molar-refractivity contribution is 5.84. The van der Waals surface area contributed by atoms with Crippen LogP contribution in [0, 0.1) is 0 Å². The van der Waals surface area contributed by atoms with E-state index in [-0.39, 0.29) is 11.8 Å². The van der Waals surface area contributed by atoms with E-state index in [1.165, 1.54) is 0 Å². The maximum absolute atomic E-state index is 12.6. The van der Waals surface area contributed by atoms with Gasteiger partial charge in [0.25, 0.3) is 0 Å². The number of fused-ring (bicyclic) bond motifs is 1. The maximum Gasteiger partial charge on any atom is 0.222 e. The monoisotopic (exact) mass is 279 g/mol. The third-order valence-corrected chi connectivity index (χ3v) is 3.28. The fraction of sp³-hybridized carbons (Fsp3) is 0.0588. The van der Waals surface area contributed by atoms with E-state index in [1.807, 2.05) is 30.3 Å². The van der Waals surface area contributed by atoms with Crippen molar-refractivity contribution in [3.8, 4) is 11.3 Å². The summed E-state index contributed by atoms with van der Waals surface area (Å²) in [5.41, 5.74) is 6.59. The molecule has 0 saturated heterocycles. The molecule has 0 aliphatic carbocycles. The lowest BCUT2D eigenvalue weighted by molar-refractivity contribution is -0.117. The molecule has 2 aromatic carbocycles. The summed E-state index contributed by atoms with van der Waals surface area (Å²) in [5.74, 6) is -0.159. The molecule has 0 unspecified atom stereocenters. The molecule has 0 bridgehead atoms. The summed E-state index contributed by atoms with van der Waals surface area (Å²) in [6, 6.07) is 16.2. The molecule has 0 spiro atoms. The number of para-hydroxylation sites is 1. The van der Waals surface area contributed by atoms with Crippen molar-refractivity contribution >= 4 is 16.9 Å². The Kier molecular flexibility index (Phi) is 3.28. The highest BCUT2D eigenvalue weighted by atomic mass is 16.3.